The first-order valence-corrected chi connectivity index (χ1v) is 9.65. The summed E-state index contributed by atoms with van der Waals surface area (Å²) in [5, 5.41) is 6.95. The minimum atomic E-state index is 0.522. The number of para-hydroxylation sites is 1. The predicted molar refractivity (Wildman–Crippen MR) is 105 cm³/mol. The Morgan fingerprint density at radius 1 is 1.24 bits per heavy atom. The van der Waals surface area contributed by atoms with E-state index >= 15 is 0 Å². The molecule has 2 rings (SSSR count). The molecule has 25 heavy (non-hydrogen) atoms. The van der Waals surface area contributed by atoms with Crippen molar-refractivity contribution in [2.45, 2.75) is 52.1 Å². The maximum Gasteiger partial charge on any atom is 0.191 e. The number of hydrogen-bond donors (Lipinski definition) is 2. The molecule has 2 N–H and O–H groups in total. The first-order valence-electron chi connectivity index (χ1n) is 9.65. The van der Waals surface area contributed by atoms with Crippen molar-refractivity contribution < 1.29 is 4.74 Å². The first kappa shape index (κ1) is 19.6. The standard InChI is InChI=1S/C20H34N4O/c1-4-21-20(23-18-11-14-24(15-12-18)17(2)3)22-13-8-16-25-19-9-6-5-7-10-19/h5-7,9-10,17-18H,4,8,11-16H2,1-3H3,(H2,21,22,23). The number of nitrogens with one attached hydrogen (secondary N) is 2. The third kappa shape index (κ3) is 7.34. The molecule has 1 saturated heterocycles. The first-order chi connectivity index (χ1) is 12.2. The van der Waals surface area contributed by atoms with E-state index in [1.165, 1.54) is 25.9 Å². The Labute approximate surface area is 152 Å². The van der Waals surface area contributed by atoms with Gasteiger partial charge in [-0.05, 0) is 45.7 Å². The van der Waals surface area contributed by atoms with Gasteiger partial charge in [0.1, 0.15) is 5.75 Å². The lowest BCUT2D eigenvalue weighted by Crippen LogP contribution is -2.49. The molecule has 0 bridgehead atoms. The average molecular weight is 347 g/mol. The minimum absolute atomic E-state index is 0.522. The van der Waals surface area contributed by atoms with Gasteiger partial charge in [-0.1, -0.05) is 18.2 Å². The third-order valence-electron chi connectivity index (χ3n) is 4.53. The van der Waals surface area contributed by atoms with Crippen molar-refractivity contribution in [1.82, 2.24) is 15.5 Å². The highest BCUT2D eigenvalue weighted by atomic mass is 16.5. The molecule has 0 amide bonds. The van der Waals surface area contributed by atoms with Gasteiger partial charge in [-0.25, -0.2) is 0 Å². The van der Waals surface area contributed by atoms with E-state index in [9.17, 15) is 0 Å². The van der Waals surface area contributed by atoms with Gasteiger partial charge in [0.2, 0.25) is 0 Å². The Balaban J connectivity index is 1.69. The smallest absolute Gasteiger partial charge is 0.191 e. The van der Waals surface area contributed by atoms with Crippen molar-refractivity contribution >= 4 is 5.96 Å². The molecule has 0 aromatic heterocycles. The summed E-state index contributed by atoms with van der Waals surface area (Å²) in [4.78, 5) is 7.24. The van der Waals surface area contributed by atoms with Gasteiger partial charge in [0, 0.05) is 44.7 Å². The van der Waals surface area contributed by atoms with Gasteiger partial charge in [-0.2, -0.15) is 0 Å². The summed E-state index contributed by atoms with van der Waals surface area (Å²) in [5.74, 6) is 1.86. The summed E-state index contributed by atoms with van der Waals surface area (Å²) in [6.45, 7) is 11.3. The molecular weight excluding hydrogens is 312 g/mol. The van der Waals surface area contributed by atoms with E-state index in [2.05, 4.69) is 36.3 Å². The Hall–Kier alpha value is -1.75. The van der Waals surface area contributed by atoms with E-state index < -0.39 is 0 Å². The number of benzene rings is 1. The summed E-state index contributed by atoms with van der Waals surface area (Å²) >= 11 is 0. The lowest BCUT2D eigenvalue weighted by molar-refractivity contribution is 0.167. The lowest BCUT2D eigenvalue weighted by Gasteiger charge is -2.35. The van der Waals surface area contributed by atoms with Crippen molar-refractivity contribution in [3.05, 3.63) is 30.3 Å². The van der Waals surface area contributed by atoms with Crippen LogP contribution in [0.3, 0.4) is 0 Å². The Morgan fingerprint density at radius 2 is 1.96 bits per heavy atom. The van der Waals surface area contributed by atoms with Gasteiger partial charge < -0.3 is 20.3 Å². The summed E-state index contributed by atoms with van der Waals surface area (Å²) in [5.41, 5.74) is 0. The number of hydrogen-bond acceptors (Lipinski definition) is 3. The fourth-order valence-corrected chi connectivity index (χ4v) is 3.04. The number of piperidine rings is 1. The van der Waals surface area contributed by atoms with Crippen LogP contribution in [-0.4, -0.2) is 55.7 Å². The second-order valence-corrected chi connectivity index (χ2v) is 6.82. The molecule has 1 fully saturated rings. The van der Waals surface area contributed by atoms with Crippen LogP contribution in [0.2, 0.25) is 0 Å². The van der Waals surface area contributed by atoms with Crippen LogP contribution in [-0.2, 0) is 0 Å². The fraction of sp³-hybridized carbons (Fsp3) is 0.650. The van der Waals surface area contributed by atoms with Crippen molar-refractivity contribution in [3.63, 3.8) is 0 Å². The zero-order chi connectivity index (χ0) is 17.9. The number of guanidine groups is 1. The fourth-order valence-electron chi connectivity index (χ4n) is 3.04. The highest BCUT2D eigenvalue weighted by Crippen LogP contribution is 2.13. The van der Waals surface area contributed by atoms with E-state index in [4.69, 9.17) is 9.73 Å². The van der Waals surface area contributed by atoms with E-state index in [0.717, 1.165) is 31.2 Å². The number of nitrogens with zero attached hydrogens (tertiary/aromatic N) is 2. The zero-order valence-corrected chi connectivity index (χ0v) is 16.0. The summed E-state index contributed by atoms with van der Waals surface area (Å²) < 4.78 is 5.72. The van der Waals surface area contributed by atoms with Crippen molar-refractivity contribution in [3.8, 4) is 5.75 Å². The number of rotatable bonds is 8. The molecule has 140 valence electrons. The summed E-state index contributed by atoms with van der Waals surface area (Å²) in [6, 6.07) is 11.1. The number of aliphatic imine (C=N–C) groups is 1. The van der Waals surface area contributed by atoms with Crippen LogP contribution >= 0.6 is 0 Å². The van der Waals surface area contributed by atoms with Crippen molar-refractivity contribution in [1.29, 1.82) is 0 Å². The van der Waals surface area contributed by atoms with E-state index in [0.29, 0.717) is 18.7 Å². The molecule has 5 heteroatoms. The molecule has 1 aromatic carbocycles. The third-order valence-corrected chi connectivity index (χ3v) is 4.53. The second kappa shape index (κ2) is 11.0. The van der Waals surface area contributed by atoms with Crippen LogP contribution in [0, 0.1) is 0 Å². The molecule has 1 heterocycles. The molecule has 0 spiro atoms. The van der Waals surface area contributed by atoms with Gasteiger partial charge in [0.05, 0.1) is 6.61 Å². The average Bonchev–Trinajstić information content (AvgIpc) is 2.63. The van der Waals surface area contributed by atoms with Gasteiger partial charge in [-0.15, -0.1) is 0 Å². The van der Waals surface area contributed by atoms with Gasteiger partial charge in [-0.3, -0.25) is 4.99 Å². The molecule has 1 aliphatic rings. The van der Waals surface area contributed by atoms with Crippen molar-refractivity contribution in [2.75, 3.05) is 32.8 Å². The Morgan fingerprint density at radius 3 is 2.60 bits per heavy atom. The highest BCUT2D eigenvalue weighted by Gasteiger charge is 2.21. The monoisotopic (exact) mass is 346 g/mol. The van der Waals surface area contributed by atoms with Crippen LogP contribution in [0.1, 0.15) is 40.0 Å². The summed E-state index contributed by atoms with van der Waals surface area (Å²) in [6.07, 6.45) is 3.27. The molecule has 1 aromatic rings. The lowest BCUT2D eigenvalue weighted by atomic mass is 10.0. The van der Waals surface area contributed by atoms with E-state index in [1.54, 1.807) is 0 Å². The van der Waals surface area contributed by atoms with Gasteiger partial charge in [0.15, 0.2) is 5.96 Å². The summed E-state index contributed by atoms with van der Waals surface area (Å²) in [7, 11) is 0. The Bertz CT molecular complexity index is 496. The normalized spacial score (nSPS) is 16.9. The van der Waals surface area contributed by atoms with Crippen LogP contribution in [0.4, 0.5) is 0 Å². The molecule has 0 saturated carbocycles. The SMILES string of the molecule is CCNC(=NCCCOc1ccccc1)NC1CCN(C(C)C)CC1. The quantitative estimate of drug-likeness (QED) is 0.432. The van der Waals surface area contributed by atoms with E-state index in [1.807, 2.05) is 30.3 Å². The number of ether oxygens (including phenoxy) is 1. The molecular formula is C20H34N4O. The van der Waals surface area contributed by atoms with Crippen LogP contribution < -0.4 is 15.4 Å². The topological polar surface area (TPSA) is 48.9 Å². The highest BCUT2D eigenvalue weighted by molar-refractivity contribution is 5.80. The molecule has 5 nitrogen and oxygen atoms in total. The van der Waals surface area contributed by atoms with Gasteiger partial charge in [0.25, 0.3) is 0 Å². The zero-order valence-electron chi connectivity index (χ0n) is 16.0. The van der Waals surface area contributed by atoms with Crippen LogP contribution in [0.5, 0.6) is 5.75 Å². The predicted octanol–water partition coefficient (Wildman–Crippen LogP) is 2.88. The van der Waals surface area contributed by atoms with Crippen LogP contribution in [0.15, 0.2) is 35.3 Å². The molecule has 1 aliphatic heterocycles. The second-order valence-electron chi connectivity index (χ2n) is 6.82. The van der Waals surface area contributed by atoms with E-state index in [-0.39, 0.29) is 0 Å². The van der Waals surface area contributed by atoms with Crippen LogP contribution in [0.25, 0.3) is 0 Å². The molecule has 0 aliphatic carbocycles. The molecule has 0 unspecified atom stereocenters. The minimum Gasteiger partial charge on any atom is -0.494 e. The largest absolute Gasteiger partial charge is 0.494 e. The number of likely N-dealkylation sites (tertiary alicyclic amines) is 1. The molecule has 0 radical (unpaired) electrons. The Kier molecular flexibility index (Phi) is 8.60. The molecule has 0 atom stereocenters. The van der Waals surface area contributed by atoms with Gasteiger partial charge >= 0.3 is 0 Å². The maximum atomic E-state index is 5.72. The maximum absolute atomic E-state index is 5.72. The van der Waals surface area contributed by atoms with Crippen molar-refractivity contribution in [2.24, 2.45) is 4.99 Å².